The summed E-state index contributed by atoms with van der Waals surface area (Å²) >= 11 is 0. The number of nitrogens with one attached hydrogen (secondary N) is 1. The molecule has 0 saturated heterocycles. The Labute approximate surface area is 90.2 Å². The molecular weight excluding hydrogens is 221 g/mol. The van der Waals surface area contributed by atoms with Crippen LogP contribution < -0.4 is 5.32 Å². The van der Waals surface area contributed by atoms with Gasteiger partial charge in [-0.25, -0.2) is 0 Å². The summed E-state index contributed by atoms with van der Waals surface area (Å²) in [7, 11) is 0. The van der Waals surface area contributed by atoms with Crippen molar-refractivity contribution in [3.8, 4) is 6.07 Å². The molecule has 0 fully saturated rings. The number of carbonyl (C=O) groups is 1. The number of hydrogen-bond donors (Lipinski definition) is 1. The second kappa shape index (κ2) is 4.84. The van der Waals surface area contributed by atoms with E-state index in [1.807, 2.05) is 0 Å². The predicted octanol–water partition coefficient (Wildman–Crippen LogP) is 2.04. The molecule has 6 heteroatoms. The highest BCUT2D eigenvalue weighted by atomic mass is 19.4. The van der Waals surface area contributed by atoms with Crippen LogP contribution in [0.2, 0.25) is 0 Å². The Bertz CT molecular complexity index is 377. The molecule has 0 radical (unpaired) electrons. The summed E-state index contributed by atoms with van der Waals surface area (Å²) in [6, 6.07) is 1.65. The first-order valence-electron chi connectivity index (χ1n) is 4.55. The Morgan fingerprint density at radius 1 is 1.62 bits per heavy atom. The third-order valence-electron chi connectivity index (χ3n) is 2.04. The third kappa shape index (κ3) is 3.42. The number of halogens is 3. The number of carbonyl (C=O) groups excluding carboxylic acids is 1. The normalized spacial score (nSPS) is 19.9. The standard InChI is InChI=1S/C10H9F3N2O/c11-10(12,13)7-1-3-8(4-2-7)15-9(16)5-6-14/h1,3-4,7H,2,5H2,(H,15,16). The molecule has 0 heterocycles. The summed E-state index contributed by atoms with van der Waals surface area (Å²) in [5.41, 5.74) is 0.306. The van der Waals surface area contributed by atoms with E-state index < -0.39 is 18.0 Å². The van der Waals surface area contributed by atoms with Crippen molar-refractivity contribution in [3.05, 3.63) is 23.9 Å². The summed E-state index contributed by atoms with van der Waals surface area (Å²) in [4.78, 5) is 11.0. The van der Waals surface area contributed by atoms with Crippen molar-refractivity contribution in [2.24, 2.45) is 5.92 Å². The molecule has 1 N–H and O–H groups in total. The lowest BCUT2D eigenvalue weighted by Crippen LogP contribution is -2.26. The second-order valence-electron chi connectivity index (χ2n) is 3.29. The number of alkyl halides is 3. The van der Waals surface area contributed by atoms with Gasteiger partial charge in [0.25, 0.3) is 0 Å². The van der Waals surface area contributed by atoms with Gasteiger partial charge in [0.2, 0.25) is 5.91 Å². The maximum Gasteiger partial charge on any atom is 0.395 e. The van der Waals surface area contributed by atoms with E-state index in [0.29, 0.717) is 5.70 Å². The van der Waals surface area contributed by atoms with E-state index in [1.54, 1.807) is 6.07 Å². The highest BCUT2D eigenvalue weighted by Gasteiger charge is 2.37. The molecule has 0 aromatic carbocycles. The Hall–Kier alpha value is -1.77. The molecule has 0 bridgehead atoms. The Morgan fingerprint density at radius 2 is 2.31 bits per heavy atom. The average molecular weight is 230 g/mol. The van der Waals surface area contributed by atoms with Crippen LogP contribution in [0, 0.1) is 17.2 Å². The van der Waals surface area contributed by atoms with Gasteiger partial charge in [-0.3, -0.25) is 4.79 Å². The fraction of sp³-hybridized carbons (Fsp3) is 0.400. The minimum absolute atomic E-state index is 0.192. The number of nitrogens with zero attached hydrogens (tertiary/aromatic N) is 1. The van der Waals surface area contributed by atoms with Crippen molar-refractivity contribution in [2.75, 3.05) is 0 Å². The van der Waals surface area contributed by atoms with Gasteiger partial charge < -0.3 is 5.32 Å². The molecule has 1 amide bonds. The molecule has 1 aliphatic carbocycles. The number of amides is 1. The fourth-order valence-corrected chi connectivity index (χ4v) is 1.23. The maximum atomic E-state index is 12.2. The van der Waals surface area contributed by atoms with Crippen molar-refractivity contribution in [3.63, 3.8) is 0 Å². The van der Waals surface area contributed by atoms with Gasteiger partial charge in [0, 0.05) is 5.70 Å². The SMILES string of the molecule is N#CCC(=O)NC1=CCC(C(F)(F)F)C=C1. The van der Waals surface area contributed by atoms with Crippen LogP contribution in [0.3, 0.4) is 0 Å². The Balaban J connectivity index is 2.53. The minimum atomic E-state index is -4.25. The maximum absolute atomic E-state index is 12.2. The van der Waals surface area contributed by atoms with Gasteiger partial charge in [0.15, 0.2) is 0 Å². The summed E-state index contributed by atoms with van der Waals surface area (Å²) in [5.74, 6) is -2.02. The number of rotatable bonds is 2. The summed E-state index contributed by atoms with van der Waals surface area (Å²) in [6.45, 7) is 0. The van der Waals surface area contributed by atoms with Gasteiger partial charge in [-0.05, 0) is 12.5 Å². The van der Waals surface area contributed by atoms with Crippen molar-refractivity contribution in [1.29, 1.82) is 5.26 Å². The van der Waals surface area contributed by atoms with E-state index in [4.69, 9.17) is 5.26 Å². The lowest BCUT2D eigenvalue weighted by atomic mass is 9.99. The first-order chi connectivity index (χ1) is 7.43. The van der Waals surface area contributed by atoms with Gasteiger partial charge in [-0.15, -0.1) is 0 Å². The van der Waals surface area contributed by atoms with Crippen LogP contribution in [0.5, 0.6) is 0 Å². The molecule has 1 unspecified atom stereocenters. The molecule has 1 atom stereocenters. The molecule has 86 valence electrons. The quantitative estimate of drug-likeness (QED) is 0.789. The molecule has 3 nitrogen and oxygen atoms in total. The van der Waals surface area contributed by atoms with Gasteiger partial charge >= 0.3 is 6.18 Å². The number of allylic oxidation sites excluding steroid dienone is 3. The Kier molecular flexibility index (Phi) is 3.72. The van der Waals surface area contributed by atoms with Gasteiger partial charge in [0.05, 0.1) is 12.0 Å². The molecule has 0 aliphatic heterocycles. The van der Waals surface area contributed by atoms with Crippen LogP contribution in [0.15, 0.2) is 23.9 Å². The zero-order valence-electron chi connectivity index (χ0n) is 8.21. The molecule has 1 aliphatic rings. The monoisotopic (exact) mass is 230 g/mol. The first-order valence-corrected chi connectivity index (χ1v) is 4.55. The van der Waals surface area contributed by atoms with Crippen LogP contribution in [0.4, 0.5) is 13.2 Å². The third-order valence-corrected chi connectivity index (χ3v) is 2.04. The van der Waals surface area contributed by atoms with Crippen molar-refractivity contribution in [1.82, 2.24) is 5.32 Å². The lowest BCUT2D eigenvalue weighted by Gasteiger charge is -2.19. The average Bonchev–Trinajstić information content (AvgIpc) is 2.17. The van der Waals surface area contributed by atoms with Gasteiger partial charge in [-0.2, -0.15) is 18.4 Å². The molecule has 16 heavy (non-hydrogen) atoms. The van der Waals surface area contributed by atoms with Crippen LogP contribution in [0.25, 0.3) is 0 Å². The van der Waals surface area contributed by atoms with Crippen molar-refractivity contribution >= 4 is 5.91 Å². The molecule has 0 aromatic heterocycles. The van der Waals surface area contributed by atoms with E-state index in [0.717, 1.165) is 6.08 Å². The van der Waals surface area contributed by atoms with Crippen LogP contribution in [-0.4, -0.2) is 12.1 Å². The van der Waals surface area contributed by atoms with Crippen molar-refractivity contribution < 1.29 is 18.0 Å². The van der Waals surface area contributed by atoms with E-state index in [1.165, 1.54) is 12.2 Å². The fourth-order valence-electron chi connectivity index (χ4n) is 1.23. The zero-order valence-corrected chi connectivity index (χ0v) is 8.21. The van der Waals surface area contributed by atoms with E-state index in [9.17, 15) is 18.0 Å². The largest absolute Gasteiger partial charge is 0.395 e. The predicted molar refractivity (Wildman–Crippen MR) is 49.8 cm³/mol. The smallest absolute Gasteiger partial charge is 0.326 e. The second-order valence-corrected chi connectivity index (χ2v) is 3.29. The van der Waals surface area contributed by atoms with Gasteiger partial charge in [-0.1, -0.05) is 12.2 Å². The molecule has 0 saturated carbocycles. The molecular formula is C10H9F3N2O. The Morgan fingerprint density at radius 3 is 2.75 bits per heavy atom. The molecule has 0 aromatic rings. The zero-order chi connectivity index (χ0) is 12.2. The highest BCUT2D eigenvalue weighted by Crippen LogP contribution is 2.32. The summed E-state index contributed by atoms with van der Waals surface area (Å²) in [5, 5.41) is 10.6. The van der Waals surface area contributed by atoms with Crippen molar-refractivity contribution in [2.45, 2.75) is 19.0 Å². The van der Waals surface area contributed by atoms with Crippen LogP contribution in [-0.2, 0) is 4.79 Å². The van der Waals surface area contributed by atoms with E-state index in [-0.39, 0.29) is 12.8 Å². The topological polar surface area (TPSA) is 52.9 Å². The highest BCUT2D eigenvalue weighted by molar-refractivity contribution is 5.80. The molecule has 1 rings (SSSR count). The lowest BCUT2D eigenvalue weighted by molar-refractivity contribution is -0.160. The molecule has 0 spiro atoms. The van der Waals surface area contributed by atoms with E-state index in [2.05, 4.69) is 5.32 Å². The van der Waals surface area contributed by atoms with E-state index >= 15 is 0 Å². The number of hydrogen-bond acceptors (Lipinski definition) is 2. The van der Waals surface area contributed by atoms with Crippen LogP contribution >= 0.6 is 0 Å². The summed E-state index contributed by atoms with van der Waals surface area (Å²) in [6.07, 6.45) is -1.25. The van der Waals surface area contributed by atoms with Gasteiger partial charge in [0.1, 0.15) is 6.42 Å². The minimum Gasteiger partial charge on any atom is -0.326 e. The summed E-state index contributed by atoms with van der Waals surface area (Å²) < 4.78 is 36.7. The first kappa shape index (κ1) is 12.3. The number of nitriles is 1. The van der Waals surface area contributed by atoms with Crippen LogP contribution in [0.1, 0.15) is 12.8 Å².